The Morgan fingerprint density at radius 2 is 2.04 bits per heavy atom. The van der Waals surface area contributed by atoms with E-state index >= 15 is 0 Å². The molecule has 2 heterocycles. The van der Waals surface area contributed by atoms with Gasteiger partial charge in [-0.2, -0.15) is 0 Å². The Bertz CT molecular complexity index is 783. The third-order valence-electron chi connectivity index (χ3n) is 5.20. The first kappa shape index (κ1) is 16.3. The lowest BCUT2D eigenvalue weighted by molar-refractivity contribution is 0.271. The van der Waals surface area contributed by atoms with E-state index in [0.29, 0.717) is 5.92 Å². The molecule has 1 aromatic carbocycles. The largest absolute Gasteiger partial charge is 0.360 e. The Morgan fingerprint density at radius 1 is 1.20 bits per heavy atom. The first-order valence-corrected chi connectivity index (χ1v) is 9.35. The maximum Gasteiger partial charge on any atom is 0.150 e. The normalized spacial score (nSPS) is 16.1. The van der Waals surface area contributed by atoms with Crippen molar-refractivity contribution in [2.75, 3.05) is 13.6 Å². The first-order chi connectivity index (χ1) is 12.3. The molecule has 1 aliphatic carbocycles. The smallest absolute Gasteiger partial charge is 0.150 e. The topological polar surface area (TPSA) is 58.0 Å². The summed E-state index contributed by atoms with van der Waals surface area (Å²) in [5, 5.41) is 4.32. The van der Waals surface area contributed by atoms with Crippen molar-refractivity contribution >= 4 is 11.0 Å². The number of rotatable bonds is 6. The highest BCUT2D eigenvalue weighted by Crippen LogP contribution is 2.32. The second-order valence-electron chi connectivity index (χ2n) is 7.24. The molecule has 0 saturated heterocycles. The molecule has 0 aliphatic heterocycles. The maximum atomic E-state index is 5.57. The standard InChI is InChI=1S/C20H26N4O/c1-24(12-11-20-21-17-9-5-6-10-18(17)22-20)14-16-13-19(23-25-16)15-7-3-2-4-8-15/h5-6,9-10,13,15H,2-4,7-8,11-12,14H2,1H3,(H,21,22). The number of aromatic amines is 1. The Hall–Kier alpha value is -2.14. The number of nitrogens with zero attached hydrogens (tertiary/aromatic N) is 3. The van der Waals surface area contributed by atoms with Crippen LogP contribution in [-0.4, -0.2) is 33.6 Å². The zero-order valence-corrected chi connectivity index (χ0v) is 14.9. The van der Waals surface area contributed by atoms with Crippen molar-refractivity contribution in [3.8, 4) is 0 Å². The van der Waals surface area contributed by atoms with E-state index in [1.165, 1.54) is 32.1 Å². The van der Waals surface area contributed by atoms with Crippen LogP contribution < -0.4 is 0 Å². The number of fused-ring (bicyclic) bond motifs is 1. The number of aromatic nitrogens is 3. The van der Waals surface area contributed by atoms with Crippen LogP contribution in [0.15, 0.2) is 34.9 Å². The van der Waals surface area contributed by atoms with E-state index in [0.717, 1.165) is 47.8 Å². The molecule has 1 N–H and O–H groups in total. The van der Waals surface area contributed by atoms with Gasteiger partial charge < -0.3 is 9.51 Å². The lowest BCUT2D eigenvalue weighted by Gasteiger charge is -2.18. The molecule has 5 nitrogen and oxygen atoms in total. The summed E-state index contributed by atoms with van der Waals surface area (Å²) in [7, 11) is 2.12. The fraction of sp³-hybridized carbons (Fsp3) is 0.500. The molecule has 1 fully saturated rings. The summed E-state index contributed by atoms with van der Waals surface area (Å²) in [4.78, 5) is 10.3. The minimum atomic E-state index is 0.604. The average molecular weight is 338 g/mol. The molecule has 0 radical (unpaired) electrons. The molecule has 0 atom stereocenters. The van der Waals surface area contributed by atoms with Gasteiger partial charge in [0.05, 0.1) is 23.3 Å². The van der Waals surface area contributed by atoms with E-state index < -0.39 is 0 Å². The minimum Gasteiger partial charge on any atom is -0.360 e. The van der Waals surface area contributed by atoms with Crippen LogP contribution >= 0.6 is 0 Å². The van der Waals surface area contributed by atoms with Crippen molar-refractivity contribution in [3.63, 3.8) is 0 Å². The van der Waals surface area contributed by atoms with Gasteiger partial charge in [0.25, 0.3) is 0 Å². The van der Waals surface area contributed by atoms with Crippen LogP contribution in [0.2, 0.25) is 0 Å². The van der Waals surface area contributed by atoms with Gasteiger partial charge >= 0.3 is 0 Å². The molecule has 4 rings (SSSR count). The molecule has 132 valence electrons. The van der Waals surface area contributed by atoms with E-state index in [4.69, 9.17) is 4.52 Å². The zero-order chi connectivity index (χ0) is 17.1. The van der Waals surface area contributed by atoms with Gasteiger partial charge in [-0.3, -0.25) is 4.90 Å². The van der Waals surface area contributed by atoms with Gasteiger partial charge in [0.1, 0.15) is 5.82 Å². The van der Waals surface area contributed by atoms with Gasteiger partial charge in [0, 0.05) is 24.9 Å². The summed E-state index contributed by atoms with van der Waals surface area (Å²) < 4.78 is 5.57. The predicted molar refractivity (Wildman–Crippen MR) is 98.5 cm³/mol. The summed E-state index contributed by atoms with van der Waals surface area (Å²) in [5.74, 6) is 2.60. The monoisotopic (exact) mass is 338 g/mol. The Morgan fingerprint density at radius 3 is 2.88 bits per heavy atom. The van der Waals surface area contributed by atoms with Gasteiger partial charge in [-0.05, 0) is 32.0 Å². The molecule has 25 heavy (non-hydrogen) atoms. The second-order valence-corrected chi connectivity index (χ2v) is 7.24. The van der Waals surface area contributed by atoms with Crippen LogP contribution in [0.3, 0.4) is 0 Å². The number of para-hydroxylation sites is 2. The number of likely N-dealkylation sites (N-methyl/N-ethyl adjacent to an activating group) is 1. The van der Waals surface area contributed by atoms with Crippen molar-refractivity contribution in [1.82, 2.24) is 20.0 Å². The summed E-state index contributed by atoms with van der Waals surface area (Å²) in [5.41, 5.74) is 3.29. The molecule has 1 aliphatic rings. The molecule has 0 bridgehead atoms. The molecule has 0 unspecified atom stereocenters. The highest BCUT2D eigenvalue weighted by atomic mass is 16.5. The molecule has 0 spiro atoms. The lowest BCUT2D eigenvalue weighted by atomic mass is 9.87. The van der Waals surface area contributed by atoms with E-state index in [1.807, 2.05) is 18.2 Å². The number of hydrogen-bond donors (Lipinski definition) is 1. The molecule has 5 heteroatoms. The van der Waals surface area contributed by atoms with Crippen molar-refractivity contribution in [3.05, 3.63) is 47.6 Å². The maximum absolute atomic E-state index is 5.57. The first-order valence-electron chi connectivity index (χ1n) is 9.35. The van der Waals surface area contributed by atoms with Crippen molar-refractivity contribution in [2.45, 2.75) is 51.0 Å². The second kappa shape index (κ2) is 7.40. The lowest BCUT2D eigenvalue weighted by Crippen LogP contribution is -2.20. The van der Waals surface area contributed by atoms with Crippen LogP contribution in [0.5, 0.6) is 0 Å². The Balaban J connectivity index is 1.31. The highest BCUT2D eigenvalue weighted by molar-refractivity contribution is 5.74. The summed E-state index contributed by atoms with van der Waals surface area (Å²) in [6, 6.07) is 10.3. The Labute approximate surface area is 148 Å². The van der Waals surface area contributed by atoms with Gasteiger partial charge in [0.2, 0.25) is 0 Å². The van der Waals surface area contributed by atoms with Crippen LogP contribution in [0, 0.1) is 0 Å². The Kier molecular flexibility index (Phi) is 4.83. The van der Waals surface area contributed by atoms with Crippen LogP contribution in [0.25, 0.3) is 11.0 Å². The zero-order valence-electron chi connectivity index (χ0n) is 14.9. The molecule has 2 aromatic heterocycles. The third kappa shape index (κ3) is 3.93. The SMILES string of the molecule is CN(CCc1nc2ccccc2[nH]1)Cc1cc(C2CCCCC2)no1. The quantitative estimate of drug-likeness (QED) is 0.729. The van der Waals surface area contributed by atoms with Gasteiger partial charge in [0.15, 0.2) is 5.76 Å². The van der Waals surface area contributed by atoms with Crippen LogP contribution in [0.4, 0.5) is 0 Å². The summed E-state index contributed by atoms with van der Waals surface area (Å²) in [6.45, 7) is 1.72. The number of hydrogen-bond acceptors (Lipinski definition) is 4. The summed E-state index contributed by atoms with van der Waals surface area (Å²) >= 11 is 0. The van der Waals surface area contributed by atoms with Gasteiger partial charge in [-0.25, -0.2) is 4.98 Å². The predicted octanol–water partition coefficient (Wildman–Crippen LogP) is 4.27. The fourth-order valence-electron chi connectivity index (χ4n) is 3.76. The highest BCUT2D eigenvalue weighted by Gasteiger charge is 2.19. The average Bonchev–Trinajstić information content (AvgIpc) is 3.27. The van der Waals surface area contributed by atoms with Crippen LogP contribution in [0.1, 0.15) is 55.3 Å². The number of nitrogens with one attached hydrogen (secondary N) is 1. The van der Waals surface area contributed by atoms with Gasteiger partial charge in [-0.1, -0.05) is 36.6 Å². The minimum absolute atomic E-state index is 0.604. The molecular formula is C20H26N4O. The van der Waals surface area contributed by atoms with E-state index in [9.17, 15) is 0 Å². The molecule has 0 amide bonds. The van der Waals surface area contributed by atoms with E-state index in [-0.39, 0.29) is 0 Å². The molecule has 1 saturated carbocycles. The van der Waals surface area contributed by atoms with Crippen LogP contribution in [-0.2, 0) is 13.0 Å². The number of H-pyrrole nitrogens is 1. The fourth-order valence-corrected chi connectivity index (χ4v) is 3.76. The van der Waals surface area contributed by atoms with E-state index in [1.54, 1.807) is 0 Å². The van der Waals surface area contributed by atoms with Crippen molar-refractivity contribution < 1.29 is 4.52 Å². The molecule has 3 aromatic rings. The van der Waals surface area contributed by atoms with E-state index in [2.05, 4.69) is 39.2 Å². The third-order valence-corrected chi connectivity index (χ3v) is 5.20. The summed E-state index contributed by atoms with van der Waals surface area (Å²) in [6.07, 6.45) is 7.43. The number of benzene rings is 1. The molecular weight excluding hydrogens is 312 g/mol. The van der Waals surface area contributed by atoms with Gasteiger partial charge in [-0.15, -0.1) is 0 Å². The van der Waals surface area contributed by atoms with Crippen molar-refractivity contribution in [1.29, 1.82) is 0 Å². The number of imidazole rings is 1. The van der Waals surface area contributed by atoms with Crippen molar-refractivity contribution in [2.24, 2.45) is 0 Å².